The van der Waals surface area contributed by atoms with Crippen molar-refractivity contribution in [3.8, 4) is 0 Å². The maximum Gasteiger partial charge on any atom is 0.328 e. The lowest BCUT2D eigenvalue weighted by Crippen LogP contribution is -2.25. The number of hydrogen-bond donors (Lipinski definition) is 1. The Morgan fingerprint density at radius 3 is 2.76 bits per heavy atom. The molecule has 0 atom stereocenters. The van der Waals surface area contributed by atoms with Crippen molar-refractivity contribution in [2.75, 3.05) is 18.0 Å². The maximum atomic E-state index is 13.8. The van der Waals surface area contributed by atoms with Gasteiger partial charge in [0, 0.05) is 24.9 Å². The molecule has 0 amide bonds. The number of anilines is 1. The van der Waals surface area contributed by atoms with Crippen molar-refractivity contribution in [3.05, 3.63) is 35.7 Å². The van der Waals surface area contributed by atoms with E-state index in [2.05, 4.69) is 18.7 Å². The van der Waals surface area contributed by atoms with Gasteiger partial charge < -0.3 is 10.0 Å². The van der Waals surface area contributed by atoms with Gasteiger partial charge in [-0.05, 0) is 54.5 Å². The van der Waals surface area contributed by atoms with Crippen molar-refractivity contribution in [3.63, 3.8) is 0 Å². The summed E-state index contributed by atoms with van der Waals surface area (Å²) in [4.78, 5) is 12.8. The number of aliphatic carboxylic acids is 1. The van der Waals surface area contributed by atoms with E-state index in [1.807, 2.05) is 6.07 Å². The average molecular weight is 291 g/mol. The zero-order chi connectivity index (χ0) is 15.5. The zero-order valence-corrected chi connectivity index (χ0v) is 12.6. The zero-order valence-electron chi connectivity index (χ0n) is 12.6. The van der Waals surface area contributed by atoms with E-state index in [1.54, 1.807) is 0 Å². The van der Waals surface area contributed by atoms with Crippen LogP contribution in [0.2, 0.25) is 0 Å². The Hall–Kier alpha value is -1.84. The van der Waals surface area contributed by atoms with Crippen LogP contribution in [0.15, 0.2) is 24.3 Å². The molecule has 1 fully saturated rings. The molecule has 4 heteroatoms. The van der Waals surface area contributed by atoms with Crippen LogP contribution < -0.4 is 4.90 Å². The Kier molecular flexibility index (Phi) is 4.66. The first-order valence-electron chi connectivity index (χ1n) is 7.32. The second kappa shape index (κ2) is 6.29. The van der Waals surface area contributed by atoms with Crippen LogP contribution >= 0.6 is 0 Å². The van der Waals surface area contributed by atoms with Gasteiger partial charge in [-0.1, -0.05) is 13.8 Å². The molecule has 0 unspecified atom stereocenters. The molecule has 2 rings (SSSR count). The normalized spacial score (nSPS) is 18.7. The predicted molar refractivity (Wildman–Crippen MR) is 82.9 cm³/mol. The lowest BCUT2D eigenvalue weighted by atomic mass is 9.85. The third kappa shape index (κ3) is 4.59. The van der Waals surface area contributed by atoms with Gasteiger partial charge >= 0.3 is 5.97 Å². The largest absolute Gasteiger partial charge is 0.478 e. The Morgan fingerprint density at radius 2 is 2.05 bits per heavy atom. The first kappa shape index (κ1) is 15.5. The summed E-state index contributed by atoms with van der Waals surface area (Å²) in [5.41, 5.74) is 1.74. The monoisotopic (exact) mass is 291 g/mol. The molecule has 1 aromatic rings. The molecule has 1 N–H and O–H groups in total. The highest BCUT2D eigenvalue weighted by Gasteiger charge is 2.23. The number of halogens is 1. The summed E-state index contributed by atoms with van der Waals surface area (Å²) in [7, 11) is 0. The van der Waals surface area contributed by atoms with Crippen molar-refractivity contribution in [1.82, 2.24) is 0 Å². The van der Waals surface area contributed by atoms with Crippen LogP contribution in [0.1, 0.15) is 38.7 Å². The Balaban J connectivity index is 2.21. The second-order valence-electron chi connectivity index (χ2n) is 6.42. The molecule has 0 radical (unpaired) electrons. The minimum absolute atomic E-state index is 0.327. The second-order valence-corrected chi connectivity index (χ2v) is 6.42. The number of hydrogen-bond acceptors (Lipinski definition) is 2. The summed E-state index contributed by atoms with van der Waals surface area (Å²) in [6, 6.07) is 4.72. The highest BCUT2D eigenvalue weighted by molar-refractivity contribution is 5.85. The third-order valence-electron chi connectivity index (χ3n) is 4.03. The summed E-state index contributed by atoms with van der Waals surface area (Å²) in [5, 5.41) is 8.67. The van der Waals surface area contributed by atoms with E-state index in [0.29, 0.717) is 11.0 Å². The van der Waals surface area contributed by atoms with Gasteiger partial charge in [-0.25, -0.2) is 9.18 Å². The van der Waals surface area contributed by atoms with E-state index < -0.39 is 5.97 Å². The molecule has 0 aromatic heterocycles. The quantitative estimate of drug-likeness (QED) is 0.858. The van der Waals surface area contributed by atoms with E-state index in [1.165, 1.54) is 24.6 Å². The van der Waals surface area contributed by atoms with Gasteiger partial charge in [-0.15, -0.1) is 0 Å². The lowest BCUT2D eigenvalue weighted by Gasteiger charge is -2.25. The fourth-order valence-electron chi connectivity index (χ4n) is 2.72. The maximum absolute atomic E-state index is 13.8. The number of carboxylic acids is 1. The topological polar surface area (TPSA) is 40.5 Å². The Morgan fingerprint density at radius 1 is 1.29 bits per heavy atom. The molecule has 0 spiro atoms. The minimum Gasteiger partial charge on any atom is -0.478 e. The minimum atomic E-state index is -1.03. The third-order valence-corrected chi connectivity index (χ3v) is 4.03. The molecule has 0 aliphatic carbocycles. The predicted octanol–water partition coefficient (Wildman–Crippen LogP) is 3.94. The summed E-state index contributed by atoms with van der Waals surface area (Å²) < 4.78 is 13.8. The van der Waals surface area contributed by atoms with E-state index >= 15 is 0 Å². The number of benzene rings is 1. The van der Waals surface area contributed by atoms with Crippen LogP contribution in [-0.2, 0) is 4.79 Å². The lowest BCUT2D eigenvalue weighted by molar-refractivity contribution is -0.131. The molecule has 0 bridgehead atoms. The van der Waals surface area contributed by atoms with E-state index in [0.717, 1.165) is 37.7 Å². The summed E-state index contributed by atoms with van der Waals surface area (Å²) in [6.07, 6.45) is 5.79. The molecule has 1 aromatic carbocycles. The average Bonchev–Trinajstić information content (AvgIpc) is 2.57. The Bertz CT molecular complexity index is 552. The van der Waals surface area contributed by atoms with Crippen molar-refractivity contribution < 1.29 is 14.3 Å². The molecule has 1 saturated heterocycles. The van der Waals surface area contributed by atoms with Crippen molar-refractivity contribution in [2.24, 2.45) is 5.41 Å². The Labute approximate surface area is 125 Å². The number of nitrogens with zero attached hydrogens (tertiary/aromatic N) is 1. The van der Waals surface area contributed by atoms with Crippen molar-refractivity contribution >= 4 is 17.7 Å². The first-order chi connectivity index (χ1) is 9.85. The van der Waals surface area contributed by atoms with Gasteiger partial charge in [-0.2, -0.15) is 0 Å². The molecule has 1 aliphatic rings. The standard InChI is InChI=1S/C17H22FNO2/c1-17(2)6-3-8-19(9-7-17)15-11-13(4-5-16(20)21)10-14(18)12-15/h4-5,10-12H,3,6-9H2,1-2H3,(H,20,21)/b5-4+. The van der Waals surface area contributed by atoms with Crippen LogP contribution in [-0.4, -0.2) is 24.2 Å². The van der Waals surface area contributed by atoms with Gasteiger partial charge in [0.2, 0.25) is 0 Å². The van der Waals surface area contributed by atoms with Gasteiger partial charge in [0.25, 0.3) is 0 Å². The smallest absolute Gasteiger partial charge is 0.328 e. The summed E-state index contributed by atoms with van der Waals surface area (Å²) in [5.74, 6) is -1.36. The number of carbonyl (C=O) groups is 1. The van der Waals surface area contributed by atoms with Gasteiger partial charge in [0.1, 0.15) is 5.82 Å². The van der Waals surface area contributed by atoms with Gasteiger partial charge in [0.05, 0.1) is 0 Å². The molecule has 1 heterocycles. The summed E-state index contributed by atoms with van der Waals surface area (Å²) in [6.45, 7) is 6.35. The molecule has 3 nitrogen and oxygen atoms in total. The van der Waals surface area contributed by atoms with Crippen LogP contribution in [0.5, 0.6) is 0 Å². The number of carboxylic acid groups (broad SMARTS) is 1. The molecule has 114 valence electrons. The molecule has 0 saturated carbocycles. The van der Waals surface area contributed by atoms with E-state index in [-0.39, 0.29) is 5.82 Å². The van der Waals surface area contributed by atoms with Crippen LogP contribution in [0, 0.1) is 11.2 Å². The molecule has 21 heavy (non-hydrogen) atoms. The van der Waals surface area contributed by atoms with Crippen molar-refractivity contribution in [2.45, 2.75) is 33.1 Å². The SMILES string of the molecule is CC1(C)CCCN(c2cc(F)cc(/C=C/C(=O)O)c2)CC1. The van der Waals surface area contributed by atoms with Crippen molar-refractivity contribution in [1.29, 1.82) is 0 Å². The molecular formula is C17H22FNO2. The fraction of sp³-hybridized carbons (Fsp3) is 0.471. The molecular weight excluding hydrogens is 269 g/mol. The fourth-order valence-corrected chi connectivity index (χ4v) is 2.72. The first-order valence-corrected chi connectivity index (χ1v) is 7.32. The highest BCUT2D eigenvalue weighted by atomic mass is 19.1. The van der Waals surface area contributed by atoms with Crippen LogP contribution in [0.25, 0.3) is 6.08 Å². The van der Waals surface area contributed by atoms with Gasteiger partial charge in [0.15, 0.2) is 0 Å². The molecule has 1 aliphatic heterocycles. The van der Waals surface area contributed by atoms with Crippen LogP contribution in [0.3, 0.4) is 0 Å². The highest BCUT2D eigenvalue weighted by Crippen LogP contribution is 2.32. The van der Waals surface area contributed by atoms with Crippen LogP contribution in [0.4, 0.5) is 10.1 Å². The van der Waals surface area contributed by atoms with E-state index in [9.17, 15) is 9.18 Å². The van der Waals surface area contributed by atoms with Gasteiger partial charge in [-0.3, -0.25) is 0 Å². The van der Waals surface area contributed by atoms with E-state index in [4.69, 9.17) is 5.11 Å². The summed E-state index contributed by atoms with van der Waals surface area (Å²) >= 11 is 0. The number of rotatable bonds is 3.